The van der Waals surface area contributed by atoms with Crippen LogP contribution >= 0.6 is 0 Å². The maximum Gasteiger partial charge on any atom is 0.0267 e. The molecule has 3 heteroatoms. The highest BCUT2D eigenvalue weighted by atomic mass is 15.3. The van der Waals surface area contributed by atoms with Crippen molar-refractivity contribution >= 4 is 0 Å². The Kier molecular flexibility index (Phi) is 5.00. The smallest absolute Gasteiger partial charge is 0.0267 e. The average Bonchev–Trinajstić information content (AvgIpc) is 2.91. The van der Waals surface area contributed by atoms with Gasteiger partial charge in [-0.05, 0) is 38.6 Å². The second-order valence-corrected chi connectivity index (χ2v) is 7.11. The summed E-state index contributed by atoms with van der Waals surface area (Å²) in [5.74, 6) is 0. The Morgan fingerprint density at radius 1 is 1.05 bits per heavy atom. The lowest BCUT2D eigenvalue weighted by molar-refractivity contribution is 0.0457. The molecule has 4 atom stereocenters. The van der Waals surface area contributed by atoms with E-state index in [1.54, 1.807) is 0 Å². The van der Waals surface area contributed by atoms with Gasteiger partial charge in [0.25, 0.3) is 0 Å². The first-order valence-corrected chi connectivity index (χ1v) is 9.06. The lowest BCUT2D eigenvalue weighted by atomic mass is 9.93. The minimum Gasteiger partial charge on any atom is -0.311 e. The van der Waals surface area contributed by atoms with Gasteiger partial charge in [0.1, 0.15) is 0 Å². The summed E-state index contributed by atoms with van der Waals surface area (Å²) in [6.45, 7) is 9.91. The van der Waals surface area contributed by atoms with Crippen molar-refractivity contribution in [1.29, 1.82) is 0 Å². The molecule has 3 aliphatic heterocycles. The monoisotopic (exact) mass is 279 g/mol. The third kappa shape index (κ3) is 2.90. The molecular weight excluding hydrogens is 246 g/mol. The van der Waals surface area contributed by atoms with Gasteiger partial charge >= 0.3 is 0 Å². The molecule has 1 N–H and O–H groups in total. The molecule has 0 bridgehead atoms. The van der Waals surface area contributed by atoms with Crippen LogP contribution in [0.5, 0.6) is 0 Å². The Balaban J connectivity index is 1.68. The second kappa shape index (κ2) is 6.76. The predicted octanol–water partition coefficient (Wildman–Crippen LogP) is 2.47. The Morgan fingerprint density at radius 2 is 1.95 bits per heavy atom. The second-order valence-electron chi connectivity index (χ2n) is 7.11. The Hall–Kier alpha value is -0.120. The van der Waals surface area contributed by atoms with Crippen molar-refractivity contribution in [3.05, 3.63) is 0 Å². The maximum absolute atomic E-state index is 3.79. The number of hydrogen-bond donors (Lipinski definition) is 1. The molecule has 3 saturated heterocycles. The molecule has 20 heavy (non-hydrogen) atoms. The van der Waals surface area contributed by atoms with Gasteiger partial charge in [-0.15, -0.1) is 0 Å². The van der Waals surface area contributed by atoms with Crippen LogP contribution in [0.25, 0.3) is 0 Å². The Labute approximate surface area is 125 Å². The van der Waals surface area contributed by atoms with E-state index in [2.05, 4.69) is 29.0 Å². The van der Waals surface area contributed by atoms with Gasteiger partial charge in [0.05, 0.1) is 0 Å². The fourth-order valence-electron chi connectivity index (χ4n) is 4.82. The molecule has 0 amide bonds. The molecule has 3 nitrogen and oxygen atoms in total. The third-order valence-corrected chi connectivity index (χ3v) is 5.90. The van der Waals surface area contributed by atoms with Gasteiger partial charge in [0, 0.05) is 43.8 Å². The van der Waals surface area contributed by atoms with Crippen LogP contribution < -0.4 is 5.32 Å². The molecule has 3 fully saturated rings. The Bertz CT molecular complexity index is 307. The quantitative estimate of drug-likeness (QED) is 0.853. The molecule has 0 spiro atoms. The molecule has 0 radical (unpaired) electrons. The van der Waals surface area contributed by atoms with Crippen LogP contribution in [0, 0.1) is 0 Å². The summed E-state index contributed by atoms with van der Waals surface area (Å²) < 4.78 is 0. The first-order valence-electron chi connectivity index (χ1n) is 9.06. The predicted molar refractivity (Wildman–Crippen MR) is 85.1 cm³/mol. The van der Waals surface area contributed by atoms with Crippen LogP contribution in [0.3, 0.4) is 0 Å². The fourth-order valence-corrected chi connectivity index (χ4v) is 4.82. The van der Waals surface area contributed by atoms with Gasteiger partial charge in [-0.1, -0.05) is 26.7 Å². The van der Waals surface area contributed by atoms with Crippen molar-refractivity contribution in [2.75, 3.05) is 26.2 Å². The number of fused-ring (bicyclic) bond motifs is 1. The van der Waals surface area contributed by atoms with E-state index in [0.717, 1.165) is 24.2 Å². The highest BCUT2D eigenvalue weighted by molar-refractivity contribution is 4.99. The van der Waals surface area contributed by atoms with Crippen LogP contribution in [-0.4, -0.2) is 60.1 Å². The van der Waals surface area contributed by atoms with E-state index < -0.39 is 0 Å². The zero-order chi connectivity index (χ0) is 13.9. The fraction of sp³-hybridized carbons (Fsp3) is 1.00. The normalized spacial score (nSPS) is 39.9. The number of nitrogens with zero attached hydrogens (tertiary/aromatic N) is 2. The van der Waals surface area contributed by atoms with Crippen LogP contribution in [0.4, 0.5) is 0 Å². The van der Waals surface area contributed by atoms with Gasteiger partial charge in [0.2, 0.25) is 0 Å². The van der Waals surface area contributed by atoms with Crippen LogP contribution in [0.15, 0.2) is 0 Å². The van der Waals surface area contributed by atoms with Gasteiger partial charge in [-0.3, -0.25) is 9.80 Å². The van der Waals surface area contributed by atoms with Crippen molar-refractivity contribution < 1.29 is 0 Å². The van der Waals surface area contributed by atoms with E-state index in [-0.39, 0.29) is 0 Å². The summed E-state index contributed by atoms with van der Waals surface area (Å²) in [6.07, 6.45) is 9.70. The highest BCUT2D eigenvalue weighted by Gasteiger charge is 2.42. The molecule has 0 aromatic rings. The number of nitrogens with one attached hydrogen (secondary N) is 1. The lowest BCUT2D eigenvalue weighted by Crippen LogP contribution is -2.61. The third-order valence-electron chi connectivity index (χ3n) is 5.90. The van der Waals surface area contributed by atoms with Gasteiger partial charge in [-0.2, -0.15) is 0 Å². The van der Waals surface area contributed by atoms with Crippen molar-refractivity contribution in [3.8, 4) is 0 Å². The van der Waals surface area contributed by atoms with E-state index >= 15 is 0 Å². The molecular formula is C17H33N3. The minimum absolute atomic E-state index is 0.737. The minimum atomic E-state index is 0.737. The molecule has 3 heterocycles. The molecule has 3 rings (SSSR count). The summed E-state index contributed by atoms with van der Waals surface area (Å²) in [5, 5.41) is 3.79. The van der Waals surface area contributed by atoms with Crippen LogP contribution in [0.1, 0.15) is 58.8 Å². The SMILES string of the molecule is CCCC1CN(C2CCN3CCCCC23)C(CC)CN1. The first-order chi connectivity index (χ1) is 9.83. The molecule has 0 saturated carbocycles. The van der Waals surface area contributed by atoms with E-state index in [1.165, 1.54) is 71.1 Å². The van der Waals surface area contributed by atoms with E-state index in [0.29, 0.717) is 0 Å². The summed E-state index contributed by atoms with van der Waals surface area (Å²) >= 11 is 0. The van der Waals surface area contributed by atoms with Crippen LogP contribution in [-0.2, 0) is 0 Å². The molecule has 0 aromatic carbocycles. The molecule has 0 aliphatic carbocycles. The lowest BCUT2D eigenvalue weighted by Gasteiger charge is -2.46. The standard InChI is InChI=1S/C17H33N3/c1-3-7-14-13-20(15(4-2)12-18-14)17-9-11-19-10-6-5-8-16(17)19/h14-18H,3-13H2,1-2H3. The first kappa shape index (κ1) is 14.8. The van der Waals surface area contributed by atoms with Crippen molar-refractivity contribution in [2.45, 2.75) is 83.0 Å². The topological polar surface area (TPSA) is 18.5 Å². The number of hydrogen-bond acceptors (Lipinski definition) is 3. The van der Waals surface area contributed by atoms with E-state index in [9.17, 15) is 0 Å². The average molecular weight is 279 g/mol. The van der Waals surface area contributed by atoms with Crippen molar-refractivity contribution in [1.82, 2.24) is 15.1 Å². The van der Waals surface area contributed by atoms with Crippen LogP contribution in [0.2, 0.25) is 0 Å². The number of piperazine rings is 1. The largest absolute Gasteiger partial charge is 0.311 e. The van der Waals surface area contributed by atoms with Crippen molar-refractivity contribution in [3.63, 3.8) is 0 Å². The summed E-state index contributed by atoms with van der Waals surface area (Å²) in [6, 6.07) is 3.23. The summed E-state index contributed by atoms with van der Waals surface area (Å²) in [4.78, 5) is 5.70. The molecule has 116 valence electrons. The molecule has 0 aromatic heterocycles. The van der Waals surface area contributed by atoms with Gasteiger partial charge < -0.3 is 5.32 Å². The Morgan fingerprint density at radius 3 is 2.75 bits per heavy atom. The molecule has 3 aliphatic rings. The van der Waals surface area contributed by atoms with Gasteiger partial charge in [-0.25, -0.2) is 0 Å². The summed E-state index contributed by atoms with van der Waals surface area (Å²) in [5.41, 5.74) is 0. The van der Waals surface area contributed by atoms with Gasteiger partial charge in [0.15, 0.2) is 0 Å². The molecule has 4 unspecified atom stereocenters. The highest BCUT2D eigenvalue weighted by Crippen LogP contribution is 2.32. The zero-order valence-corrected chi connectivity index (χ0v) is 13.5. The number of piperidine rings is 1. The van der Waals surface area contributed by atoms with E-state index in [1.807, 2.05) is 0 Å². The van der Waals surface area contributed by atoms with E-state index in [4.69, 9.17) is 0 Å². The zero-order valence-electron chi connectivity index (χ0n) is 13.5. The summed E-state index contributed by atoms with van der Waals surface area (Å²) in [7, 11) is 0. The van der Waals surface area contributed by atoms with Crippen molar-refractivity contribution in [2.24, 2.45) is 0 Å². The number of rotatable bonds is 4. The maximum atomic E-state index is 3.79.